The van der Waals surface area contributed by atoms with Crippen molar-refractivity contribution in [2.24, 2.45) is 5.92 Å². The fourth-order valence-electron chi connectivity index (χ4n) is 3.50. The maximum Gasteiger partial charge on any atom is 0.330 e. The number of aromatic amines is 1. The molecule has 3 rings (SSSR count). The Bertz CT molecular complexity index is 1180. The summed E-state index contributed by atoms with van der Waals surface area (Å²) >= 11 is 0. The van der Waals surface area contributed by atoms with Gasteiger partial charge in [-0.05, 0) is 35.2 Å². The third-order valence-electron chi connectivity index (χ3n) is 5.01. The molecule has 0 radical (unpaired) electrons. The minimum absolute atomic E-state index is 0.0204. The number of unbranched alkanes of at least 4 members (excludes halogenated alkanes) is 1. The molecule has 0 aliphatic heterocycles. The predicted molar refractivity (Wildman–Crippen MR) is 121 cm³/mol. The van der Waals surface area contributed by atoms with Gasteiger partial charge >= 0.3 is 5.69 Å². The number of carbonyl (C=O) groups excluding carboxylic acids is 1. The lowest BCUT2D eigenvalue weighted by atomic mass is 10.1. The Kier molecular flexibility index (Phi) is 6.40. The van der Waals surface area contributed by atoms with Gasteiger partial charge in [-0.1, -0.05) is 57.5 Å². The van der Waals surface area contributed by atoms with Crippen LogP contribution >= 0.6 is 0 Å². The summed E-state index contributed by atoms with van der Waals surface area (Å²) in [6.45, 7) is 6.59. The van der Waals surface area contributed by atoms with Crippen molar-refractivity contribution < 1.29 is 4.79 Å². The van der Waals surface area contributed by atoms with Gasteiger partial charge in [0.05, 0.1) is 0 Å². The SMILES string of the molecule is CCCCn1c(N)c(N(CC(C)C)C(=O)c2ccc3ccccc3c2)c(=O)[nH]c1=O. The zero-order valence-corrected chi connectivity index (χ0v) is 17.6. The lowest BCUT2D eigenvalue weighted by Gasteiger charge is -2.26. The molecule has 0 unspecified atom stereocenters. The molecule has 0 atom stereocenters. The van der Waals surface area contributed by atoms with E-state index in [1.54, 1.807) is 6.07 Å². The molecule has 0 fully saturated rings. The third-order valence-corrected chi connectivity index (χ3v) is 5.01. The molecule has 0 saturated heterocycles. The highest BCUT2D eigenvalue weighted by Crippen LogP contribution is 2.23. The van der Waals surface area contributed by atoms with Crippen molar-refractivity contribution in [3.8, 4) is 0 Å². The topological polar surface area (TPSA) is 101 Å². The van der Waals surface area contributed by atoms with Crippen LogP contribution in [0.1, 0.15) is 44.0 Å². The number of nitrogens with two attached hydrogens (primary N) is 1. The van der Waals surface area contributed by atoms with E-state index in [2.05, 4.69) is 4.98 Å². The van der Waals surface area contributed by atoms with Gasteiger partial charge in [0.25, 0.3) is 11.5 Å². The van der Waals surface area contributed by atoms with E-state index in [9.17, 15) is 14.4 Å². The average Bonchev–Trinajstić information content (AvgIpc) is 2.71. The summed E-state index contributed by atoms with van der Waals surface area (Å²) in [5.41, 5.74) is 5.53. The van der Waals surface area contributed by atoms with Crippen LogP contribution < -0.4 is 21.9 Å². The third kappa shape index (κ3) is 4.30. The molecular formula is C23H28N4O3. The normalized spacial score (nSPS) is 11.2. The Morgan fingerprint density at radius 1 is 1.13 bits per heavy atom. The number of aromatic nitrogens is 2. The quantitative estimate of drug-likeness (QED) is 0.626. The van der Waals surface area contributed by atoms with Crippen LogP contribution in [0.2, 0.25) is 0 Å². The fourth-order valence-corrected chi connectivity index (χ4v) is 3.50. The molecular weight excluding hydrogens is 380 g/mol. The molecule has 1 amide bonds. The summed E-state index contributed by atoms with van der Waals surface area (Å²) in [5.74, 6) is -0.219. The molecule has 0 aliphatic carbocycles. The molecule has 0 aliphatic rings. The molecule has 1 aromatic heterocycles. The first-order valence-corrected chi connectivity index (χ1v) is 10.3. The van der Waals surface area contributed by atoms with E-state index in [1.807, 2.05) is 57.2 Å². The maximum absolute atomic E-state index is 13.5. The van der Waals surface area contributed by atoms with E-state index in [0.29, 0.717) is 18.7 Å². The number of nitrogens with zero attached hydrogens (tertiary/aromatic N) is 2. The van der Waals surface area contributed by atoms with Crippen molar-refractivity contribution in [1.82, 2.24) is 9.55 Å². The lowest BCUT2D eigenvalue weighted by molar-refractivity contribution is 0.0983. The number of nitrogens with one attached hydrogen (secondary N) is 1. The molecule has 2 aromatic carbocycles. The zero-order chi connectivity index (χ0) is 21.8. The van der Waals surface area contributed by atoms with Crippen molar-refractivity contribution >= 4 is 28.2 Å². The second-order valence-corrected chi connectivity index (χ2v) is 7.87. The number of carbonyl (C=O) groups is 1. The van der Waals surface area contributed by atoms with Crippen LogP contribution in [0.25, 0.3) is 10.8 Å². The second-order valence-electron chi connectivity index (χ2n) is 7.87. The Balaban J connectivity index is 2.13. The van der Waals surface area contributed by atoms with E-state index >= 15 is 0 Å². The smallest absolute Gasteiger partial charge is 0.330 e. The van der Waals surface area contributed by atoms with Gasteiger partial charge in [0.2, 0.25) is 0 Å². The van der Waals surface area contributed by atoms with Crippen LogP contribution in [0.4, 0.5) is 11.5 Å². The van der Waals surface area contributed by atoms with E-state index in [0.717, 1.165) is 23.6 Å². The van der Waals surface area contributed by atoms with E-state index < -0.39 is 11.2 Å². The summed E-state index contributed by atoms with van der Waals surface area (Å²) < 4.78 is 1.33. The van der Waals surface area contributed by atoms with Gasteiger partial charge in [0.1, 0.15) is 5.82 Å². The molecule has 0 spiro atoms. The van der Waals surface area contributed by atoms with Gasteiger partial charge in [0.15, 0.2) is 5.69 Å². The highest BCUT2D eigenvalue weighted by molar-refractivity contribution is 6.09. The Labute approximate surface area is 175 Å². The molecule has 0 bridgehead atoms. The Hall–Kier alpha value is -3.35. The standard InChI is InChI=1S/C23H28N4O3/c1-4-5-12-26-20(24)19(21(28)25-23(26)30)27(14-15(2)3)22(29)18-11-10-16-8-6-7-9-17(16)13-18/h6-11,13,15H,4-5,12,14,24H2,1-3H3,(H,25,28,30). The molecule has 7 heteroatoms. The lowest BCUT2D eigenvalue weighted by Crippen LogP contribution is -2.42. The predicted octanol–water partition coefficient (Wildman–Crippen LogP) is 3.37. The van der Waals surface area contributed by atoms with Crippen molar-refractivity contribution in [2.45, 2.75) is 40.2 Å². The molecule has 158 valence electrons. The minimum atomic E-state index is -0.653. The number of rotatable bonds is 7. The van der Waals surface area contributed by atoms with Crippen LogP contribution in [0.15, 0.2) is 52.1 Å². The van der Waals surface area contributed by atoms with E-state index in [-0.39, 0.29) is 23.3 Å². The zero-order valence-electron chi connectivity index (χ0n) is 17.6. The van der Waals surface area contributed by atoms with Gasteiger partial charge in [-0.2, -0.15) is 0 Å². The summed E-state index contributed by atoms with van der Waals surface area (Å²) in [6, 6.07) is 13.2. The number of anilines is 2. The number of hydrogen-bond donors (Lipinski definition) is 2. The largest absolute Gasteiger partial charge is 0.383 e. The van der Waals surface area contributed by atoms with Crippen LogP contribution in [-0.2, 0) is 6.54 Å². The van der Waals surface area contributed by atoms with Crippen LogP contribution in [0.3, 0.4) is 0 Å². The monoisotopic (exact) mass is 408 g/mol. The minimum Gasteiger partial charge on any atom is -0.383 e. The van der Waals surface area contributed by atoms with Crippen LogP contribution in [0, 0.1) is 5.92 Å². The Morgan fingerprint density at radius 3 is 2.50 bits per heavy atom. The molecule has 30 heavy (non-hydrogen) atoms. The first-order valence-electron chi connectivity index (χ1n) is 10.3. The fraction of sp³-hybridized carbons (Fsp3) is 0.348. The van der Waals surface area contributed by atoms with Gasteiger partial charge in [0, 0.05) is 18.7 Å². The van der Waals surface area contributed by atoms with Crippen molar-refractivity contribution in [3.05, 3.63) is 68.9 Å². The van der Waals surface area contributed by atoms with Crippen LogP contribution in [-0.4, -0.2) is 22.0 Å². The van der Waals surface area contributed by atoms with Crippen molar-refractivity contribution in [1.29, 1.82) is 0 Å². The summed E-state index contributed by atoms with van der Waals surface area (Å²) in [7, 11) is 0. The molecule has 3 N–H and O–H groups in total. The highest BCUT2D eigenvalue weighted by Gasteiger charge is 2.26. The first kappa shape index (κ1) is 21.4. The number of fused-ring (bicyclic) bond motifs is 1. The second kappa shape index (κ2) is 8.98. The van der Waals surface area contributed by atoms with Gasteiger partial charge in [-0.25, -0.2) is 4.79 Å². The molecule has 0 saturated carbocycles. The van der Waals surface area contributed by atoms with E-state index in [1.165, 1.54) is 9.47 Å². The number of amides is 1. The summed E-state index contributed by atoms with van der Waals surface area (Å²) in [6.07, 6.45) is 1.60. The highest BCUT2D eigenvalue weighted by atomic mass is 16.2. The van der Waals surface area contributed by atoms with Crippen LogP contribution in [0.5, 0.6) is 0 Å². The molecule has 1 heterocycles. The first-order chi connectivity index (χ1) is 14.3. The van der Waals surface area contributed by atoms with Crippen molar-refractivity contribution in [3.63, 3.8) is 0 Å². The van der Waals surface area contributed by atoms with Gasteiger partial charge in [-0.3, -0.25) is 19.1 Å². The summed E-state index contributed by atoms with van der Waals surface area (Å²) in [5, 5.41) is 1.96. The summed E-state index contributed by atoms with van der Waals surface area (Å²) in [4.78, 5) is 42.2. The number of H-pyrrole nitrogens is 1. The van der Waals surface area contributed by atoms with Gasteiger partial charge < -0.3 is 10.6 Å². The maximum atomic E-state index is 13.5. The molecule has 3 aromatic rings. The molecule has 7 nitrogen and oxygen atoms in total. The van der Waals surface area contributed by atoms with E-state index in [4.69, 9.17) is 5.73 Å². The number of hydrogen-bond acceptors (Lipinski definition) is 4. The van der Waals surface area contributed by atoms with Gasteiger partial charge in [-0.15, -0.1) is 0 Å². The van der Waals surface area contributed by atoms with Crippen molar-refractivity contribution in [2.75, 3.05) is 17.2 Å². The number of nitrogen functional groups attached to an aromatic ring is 1. The number of benzene rings is 2. The Morgan fingerprint density at radius 2 is 1.83 bits per heavy atom. The average molecular weight is 409 g/mol.